The first kappa shape index (κ1) is 13.9. The van der Waals surface area contributed by atoms with Crippen LogP contribution in [0.15, 0.2) is 18.2 Å². The molecule has 0 saturated heterocycles. The topological polar surface area (TPSA) is 35.6 Å². The molecule has 0 fully saturated rings. The second kappa shape index (κ2) is 5.65. The third kappa shape index (κ3) is 2.47. The molecule has 0 spiro atoms. The Hall–Kier alpha value is -1.49. The van der Waals surface area contributed by atoms with E-state index >= 15 is 0 Å². The van der Waals surface area contributed by atoms with Crippen molar-refractivity contribution in [3.8, 4) is 5.69 Å². The van der Waals surface area contributed by atoms with Crippen molar-refractivity contribution in [1.29, 1.82) is 0 Å². The summed E-state index contributed by atoms with van der Waals surface area (Å²) in [5.41, 5.74) is 3.61. The van der Waals surface area contributed by atoms with Crippen molar-refractivity contribution >= 4 is 12.2 Å². The molecule has 19 heavy (non-hydrogen) atoms. The van der Waals surface area contributed by atoms with Gasteiger partial charge in [0.2, 0.25) is 4.77 Å². The smallest absolute Gasteiger partial charge is 0.216 e. The van der Waals surface area contributed by atoms with Crippen LogP contribution in [0.5, 0.6) is 0 Å². The highest BCUT2D eigenvalue weighted by Gasteiger charge is 2.14. The lowest BCUT2D eigenvalue weighted by atomic mass is 10.0. The van der Waals surface area contributed by atoms with Crippen molar-refractivity contribution in [2.75, 3.05) is 0 Å². The Labute approximate surface area is 119 Å². The Morgan fingerprint density at radius 2 is 1.68 bits per heavy atom. The predicted octanol–water partition coefficient (Wildman–Crippen LogP) is 3.50. The third-order valence-electron chi connectivity index (χ3n) is 3.27. The lowest BCUT2D eigenvalue weighted by molar-refractivity contribution is 0.508. The van der Waals surface area contributed by atoms with Gasteiger partial charge in [0.1, 0.15) is 0 Å². The predicted molar refractivity (Wildman–Crippen MR) is 79.3 cm³/mol. The van der Waals surface area contributed by atoms with E-state index in [-0.39, 0.29) is 6.04 Å². The van der Waals surface area contributed by atoms with E-state index in [1.807, 2.05) is 0 Å². The van der Waals surface area contributed by atoms with E-state index in [2.05, 4.69) is 56.3 Å². The minimum atomic E-state index is 0.222. The third-order valence-corrected chi connectivity index (χ3v) is 3.63. The van der Waals surface area contributed by atoms with Crippen molar-refractivity contribution < 1.29 is 0 Å². The Kier molecular flexibility index (Phi) is 4.14. The fourth-order valence-electron chi connectivity index (χ4n) is 2.21. The van der Waals surface area contributed by atoms with E-state index in [9.17, 15) is 0 Å². The van der Waals surface area contributed by atoms with E-state index in [0.29, 0.717) is 4.77 Å². The number of hydrogen-bond donors (Lipinski definition) is 0. The van der Waals surface area contributed by atoms with Gasteiger partial charge >= 0.3 is 0 Å². The molecule has 0 aliphatic heterocycles. The Bertz CT molecular complexity index is 602. The van der Waals surface area contributed by atoms with E-state index in [0.717, 1.165) is 18.5 Å². The van der Waals surface area contributed by atoms with Crippen LogP contribution in [0.2, 0.25) is 0 Å². The molecule has 5 heteroatoms. The summed E-state index contributed by atoms with van der Waals surface area (Å²) >= 11 is 5.50. The number of para-hydroxylation sites is 1. The molecule has 102 valence electrons. The van der Waals surface area contributed by atoms with Crippen LogP contribution in [0.25, 0.3) is 5.69 Å². The number of hydrogen-bond acceptors (Lipinski definition) is 3. The monoisotopic (exact) mass is 276 g/mol. The van der Waals surface area contributed by atoms with Gasteiger partial charge in [0, 0.05) is 0 Å². The molecule has 0 aliphatic carbocycles. The summed E-state index contributed by atoms with van der Waals surface area (Å²) in [4.78, 5) is 0. The standard InChI is InChI=1S/C14H20N4S/c1-5-11-8-7-9-12(6-2)13(11)18-14(19)17(10(3)4)15-16-18/h7-10H,5-6H2,1-4H3. The number of rotatable bonds is 4. The fourth-order valence-corrected chi connectivity index (χ4v) is 2.58. The van der Waals surface area contributed by atoms with E-state index < -0.39 is 0 Å². The van der Waals surface area contributed by atoms with Gasteiger partial charge in [-0.3, -0.25) is 0 Å². The van der Waals surface area contributed by atoms with E-state index in [4.69, 9.17) is 12.2 Å². The first-order valence-electron chi connectivity index (χ1n) is 6.75. The Morgan fingerprint density at radius 1 is 1.11 bits per heavy atom. The zero-order valence-electron chi connectivity index (χ0n) is 11.9. The number of aromatic nitrogens is 4. The second-order valence-electron chi connectivity index (χ2n) is 4.84. The highest BCUT2D eigenvalue weighted by atomic mass is 32.1. The molecular formula is C14H20N4S. The zero-order chi connectivity index (χ0) is 14.0. The highest BCUT2D eigenvalue weighted by molar-refractivity contribution is 7.71. The molecule has 0 bridgehead atoms. The van der Waals surface area contributed by atoms with Gasteiger partial charge in [0.05, 0.1) is 11.7 Å². The summed E-state index contributed by atoms with van der Waals surface area (Å²) in [7, 11) is 0. The summed E-state index contributed by atoms with van der Waals surface area (Å²) in [6.07, 6.45) is 1.92. The van der Waals surface area contributed by atoms with Crippen molar-refractivity contribution in [3.05, 3.63) is 34.1 Å². The summed E-state index contributed by atoms with van der Waals surface area (Å²) in [5, 5.41) is 8.42. The molecule has 1 aromatic heterocycles. The normalized spacial score (nSPS) is 11.2. The second-order valence-corrected chi connectivity index (χ2v) is 5.21. The maximum atomic E-state index is 5.50. The summed E-state index contributed by atoms with van der Waals surface area (Å²) < 4.78 is 4.24. The van der Waals surface area contributed by atoms with E-state index in [1.165, 1.54) is 11.1 Å². The average Bonchev–Trinajstić information content (AvgIpc) is 2.79. The van der Waals surface area contributed by atoms with Crippen molar-refractivity contribution in [2.45, 2.75) is 46.6 Å². The molecule has 0 saturated carbocycles. The molecule has 0 amide bonds. The van der Waals surface area contributed by atoms with E-state index in [1.54, 1.807) is 9.36 Å². The lowest BCUT2D eigenvalue weighted by Gasteiger charge is -2.12. The lowest BCUT2D eigenvalue weighted by Crippen LogP contribution is -2.07. The van der Waals surface area contributed by atoms with Gasteiger partial charge in [-0.05, 0) is 60.5 Å². The van der Waals surface area contributed by atoms with Gasteiger partial charge in [-0.1, -0.05) is 32.0 Å². The first-order chi connectivity index (χ1) is 9.10. The molecule has 1 aromatic carbocycles. The fraction of sp³-hybridized carbons (Fsp3) is 0.500. The quantitative estimate of drug-likeness (QED) is 0.802. The first-order valence-corrected chi connectivity index (χ1v) is 7.16. The molecule has 2 rings (SSSR count). The Morgan fingerprint density at radius 3 is 2.11 bits per heavy atom. The van der Waals surface area contributed by atoms with Crippen LogP contribution in [0.1, 0.15) is 44.9 Å². The summed E-state index contributed by atoms with van der Waals surface area (Å²) in [6.45, 7) is 8.41. The molecule has 0 aliphatic rings. The van der Waals surface area contributed by atoms with Gasteiger partial charge in [-0.25, -0.2) is 4.68 Å². The SMILES string of the molecule is CCc1cccc(CC)c1-n1nnn(C(C)C)c1=S. The van der Waals surface area contributed by atoms with Crippen LogP contribution in [0.3, 0.4) is 0 Å². The number of tetrazole rings is 1. The van der Waals surface area contributed by atoms with Gasteiger partial charge in [0.15, 0.2) is 0 Å². The van der Waals surface area contributed by atoms with Crippen molar-refractivity contribution in [3.63, 3.8) is 0 Å². The molecule has 0 radical (unpaired) electrons. The van der Waals surface area contributed by atoms with Crippen LogP contribution in [0.4, 0.5) is 0 Å². The van der Waals surface area contributed by atoms with Gasteiger partial charge < -0.3 is 0 Å². The largest absolute Gasteiger partial charge is 0.220 e. The van der Waals surface area contributed by atoms with Crippen molar-refractivity contribution in [2.24, 2.45) is 0 Å². The molecule has 4 nitrogen and oxygen atoms in total. The molecule has 0 atom stereocenters. The van der Waals surface area contributed by atoms with Crippen molar-refractivity contribution in [1.82, 2.24) is 19.8 Å². The van der Waals surface area contributed by atoms with Crippen LogP contribution in [0, 0.1) is 4.77 Å². The zero-order valence-corrected chi connectivity index (χ0v) is 12.7. The summed E-state index contributed by atoms with van der Waals surface area (Å²) in [6, 6.07) is 6.58. The highest BCUT2D eigenvalue weighted by Crippen LogP contribution is 2.21. The average molecular weight is 276 g/mol. The maximum Gasteiger partial charge on any atom is 0.220 e. The molecule has 0 N–H and O–H groups in total. The van der Waals surface area contributed by atoms with Crippen LogP contribution >= 0.6 is 12.2 Å². The van der Waals surface area contributed by atoms with Crippen LogP contribution in [-0.2, 0) is 12.8 Å². The van der Waals surface area contributed by atoms with Crippen LogP contribution in [-0.4, -0.2) is 19.8 Å². The van der Waals surface area contributed by atoms with Gasteiger partial charge in [-0.2, -0.15) is 4.68 Å². The van der Waals surface area contributed by atoms with Gasteiger partial charge in [0.25, 0.3) is 0 Å². The minimum Gasteiger partial charge on any atom is -0.216 e. The molecule has 2 aromatic rings. The van der Waals surface area contributed by atoms with Crippen LogP contribution < -0.4 is 0 Å². The molecular weight excluding hydrogens is 256 g/mol. The molecule has 1 heterocycles. The summed E-state index contributed by atoms with van der Waals surface area (Å²) in [5.74, 6) is 0. The number of benzene rings is 1. The number of nitrogens with zero attached hydrogens (tertiary/aromatic N) is 4. The number of aryl methyl sites for hydroxylation is 2. The Balaban J connectivity index is 2.68. The molecule has 0 unspecified atom stereocenters. The van der Waals surface area contributed by atoms with Gasteiger partial charge in [-0.15, -0.1) is 0 Å². The minimum absolute atomic E-state index is 0.222. The maximum absolute atomic E-state index is 5.50.